The molecule has 0 aliphatic carbocycles. The first kappa shape index (κ1) is 24.7. The van der Waals surface area contributed by atoms with E-state index in [1.807, 2.05) is 24.3 Å². The van der Waals surface area contributed by atoms with Crippen molar-refractivity contribution in [2.45, 2.75) is 6.42 Å². The molecule has 0 aromatic heterocycles. The summed E-state index contributed by atoms with van der Waals surface area (Å²) in [6.07, 6.45) is 0.333. The summed E-state index contributed by atoms with van der Waals surface area (Å²) < 4.78 is 42.6. The fraction of sp³-hybridized carbons (Fsp3) is 0.435. The topological polar surface area (TPSA) is 97.4 Å². The van der Waals surface area contributed by atoms with Crippen molar-refractivity contribution in [3.05, 3.63) is 48.0 Å². The molecule has 1 fully saturated rings. The van der Waals surface area contributed by atoms with Gasteiger partial charge in [0.1, 0.15) is 5.75 Å². The standard InChI is InChI=1S/C23H31N3O6S/c1-30-20-8-6-19(7-9-20)25-12-14-26(15-13-25)33(28,29)16-4-11-24-23(27)18-5-10-21(31-2)22(17-18)32-3/h5-10,17H,4,11-16H2,1-3H3,(H,24,27). The van der Waals surface area contributed by atoms with Crippen molar-refractivity contribution in [2.75, 3.05) is 64.7 Å². The van der Waals surface area contributed by atoms with E-state index in [2.05, 4.69) is 10.2 Å². The van der Waals surface area contributed by atoms with Crippen molar-refractivity contribution in [3.63, 3.8) is 0 Å². The number of carbonyl (C=O) groups excluding carboxylic acids is 1. The van der Waals surface area contributed by atoms with Crippen molar-refractivity contribution in [2.24, 2.45) is 0 Å². The van der Waals surface area contributed by atoms with Gasteiger partial charge in [0.2, 0.25) is 10.0 Å². The maximum absolute atomic E-state index is 12.7. The third-order valence-corrected chi connectivity index (χ3v) is 7.54. The summed E-state index contributed by atoms with van der Waals surface area (Å²) in [7, 11) is 1.27. The number of nitrogens with zero attached hydrogens (tertiary/aromatic N) is 2. The predicted molar refractivity (Wildman–Crippen MR) is 127 cm³/mol. The number of methoxy groups -OCH3 is 3. The molecule has 0 bridgehead atoms. The molecule has 0 saturated carbocycles. The molecule has 0 atom stereocenters. The van der Waals surface area contributed by atoms with E-state index in [1.54, 1.807) is 25.3 Å². The number of ether oxygens (including phenoxy) is 3. The summed E-state index contributed by atoms with van der Waals surface area (Å²) in [5.74, 6) is 1.48. The fourth-order valence-electron chi connectivity index (χ4n) is 3.68. The van der Waals surface area contributed by atoms with E-state index < -0.39 is 10.0 Å². The highest BCUT2D eigenvalue weighted by molar-refractivity contribution is 7.89. The Morgan fingerprint density at radius 1 is 0.909 bits per heavy atom. The first-order valence-corrected chi connectivity index (χ1v) is 12.4. The zero-order valence-electron chi connectivity index (χ0n) is 19.2. The van der Waals surface area contributed by atoms with Crippen LogP contribution in [-0.2, 0) is 10.0 Å². The van der Waals surface area contributed by atoms with E-state index in [0.29, 0.717) is 49.7 Å². The van der Waals surface area contributed by atoms with Crippen LogP contribution in [0.4, 0.5) is 5.69 Å². The Labute approximate surface area is 195 Å². The number of benzene rings is 2. The minimum Gasteiger partial charge on any atom is -0.497 e. The van der Waals surface area contributed by atoms with Crippen LogP contribution in [0.5, 0.6) is 17.2 Å². The lowest BCUT2D eigenvalue weighted by atomic mass is 10.2. The lowest BCUT2D eigenvalue weighted by Gasteiger charge is -2.35. The van der Waals surface area contributed by atoms with Crippen molar-refractivity contribution in [1.29, 1.82) is 0 Å². The number of hydrogen-bond donors (Lipinski definition) is 1. The molecule has 0 radical (unpaired) electrons. The summed E-state index contributed by atoms with van der Waals surface area (Å²) in [5, 5.41) is 2.76. The van der Waals surface area contributed by atoms with E-state index in [9.17, 15) is 13.2 Å². The van der Waals surface area contributed by atoms with Crippen LogP contribution in [0.1, 0.15) is 16.8 Å². The van der Waals surface area contributed by atoms with Gasteiger partial charge in [-0.15, -0.1) is 0 Å². The minimum atomic E-state index is -3.38. The molecule has 9 nitrogen and oxygen atoms in total. The summed E-state index contributed by atoms with van der Waals surface area (Å²) in [6, 6.07) is 12.6. The molecule has 2 aromatic carbocycles. The normalized spacial score (nSPS) is 14.6. The molecule has 0 unspecified atom stereocenters. The quantitative estimate of drug-likeness (QED) is 0.523. The number of carbonyl (C=O) groups is 1. The summed E-state index contributed by atoms with van der Waals surface area (Å²) in [6.45, 7) is 2.39. The Bertz CT molecular complexity index is 1030. The molecule has 1 N–H and O–H groups in total. The molecule has 0 spiro atoms. The van der Waals surface area contributed by atoms with Crippen LogP contribution < -0.4 is 24.4 Å². The van der Waals surface area contributed by atoms with Crippen LogP contribution >= 0.6 is 0 Å². The van der Waals surface area contributed by atoms with E-state index in [4.69, 9.17) is 14.2 Å². The summed E-state index contributed by atoms with van der Waals surface area (Å²) >= 11 is 0. The zero-order valence-corrected chi connectivity index (χ0v) is 20.1. The average molecular weight is 478 g/mol. The second-order valence-corrected chi connectivity index (χ2v) is 9.67. The predicted octanol–water partition coefficient (Wildman–Crippen LogP) is 1.98. The number of sulfonamides is 1. The van der Waals surface area contributed by atoms with Gasteiger partial charge in [0.05, 0.1) is 27.1 Å². The fourth-order valence-corrected chi connectivity index (χ4v) is 5.17. The number of amides is 1. The van der Waals surface area contributed by atoms with E-state index >= 15 is 0 Å². The van der Waals surface area contributed by atoms with Gasteiger partial charge in [0.25, 0.3) is 5.91 Å². The first-order chi connectivity index (χ1) is 15.9. The molecule has 180 valence electrons. The van der Waals surface area contributed by atoms with E-state index in [1.165, 1.54) is 18.5 Å². The summed E-state index contributed by atoms with van der Waals surface area (Å²) in [5.41, 5.74) is 1.47. The van der Waals surface area contributed by atoms with Crippen molar-refractivity contribution >= 4 is 21.6 Å². The Morgan fingerprint density at radius 3 is 2.18 bits per heavy atom. The van der Waals surface area contributed by atoms with Gasteiger partial charge in [-0.05, 0) is 48.9 Å². The monoisotopic (exact) mass is 477 g/mol. The van der Waals surface area contributed by atoms with Gasteiger partial charge in [0.15, 0.2) is 11.5 Å². The maximum atomic E-state index is 12.7. The van der Waals surface area contributed by atoms with Crippen LogP contribution in [-0.4, -0.2) is 78.4 Å². The second kappa shape index (κ2) is 11.2. The lowest BCUT2D eigenvalue weighted by molar-refractivity contribution is 0.0953. The number of anilines is 1. The SMILES string of the molecule is COc1ccc(N2CCN(S(=O)(=O)CCCNC(=O)c3ccc(OC)c(OC)c3)CC2)cc1. The molecule has 1 heterocycles. The highest BCUT2D eigenvalue weighted by atomic mass is 32.2. The molecular formula is C23H31N3O6S. The molecule has 1 aliphatic heterocycles. The molecule has 33 heavy (non-hydrogen) atoms. The third-order valence-electron chi connectivity index (χ3n) is 5.58. The van der Waals surface area contributed by atoms with Gasteiger partial charge in [-0.1, -0.05) is 0 Å². The van der Waals surface area contributed by atoms with Gasteiger partial charge in [-0.25, -0.2) is 8.42 Å². The molecule has 1 amide bonds. The number of nitrogens with one attached hydrogen (secondary N) is 1. The smallest absolute Gasteiger partial charge is 0.251 e. The zero-order chi connectivity index (χ0) is 23.8. The maximum Gasteiger partial charge on any atom is 0.251 e. The van der Waals surface area contributed by atoms with Gasteiger partial charge < -0.3 is 24.4 Å². The molecule has 10 heteroatoms. The highest BCUT2D eigenvalue weighted by Gasteiger charge is 2.26. The van der Waals surface area contributed by atoms with Gasteiger partial charge in [0, 0.05) is 44.0 Å². The molecule has 3 rings (SSSR count). The molecule has 1 aliphatic rings. The Hall–Kier alpha value is -2.98. The molecular weight excluding hydrogens is 446 g/mol. The number of hydrogen-bond acceptors (Lipinski definition) is 7. The molecule has 2 aromatic rings. The van der Waals surface area contributed by atoms with E-state index in [0.717, 1.165) is 11.4 Å². The largest absolute Gasteiger partial charge is 0.497 e. The number of rotatable bonds is 10. The van der Waals surface area contributed by atoms with Crippen LogP contribution in [0, 0.1) is 0 Å². The van der Waals surface area contributed by atoms with Crippen LogP contribution in [0.25, 0.3) is 0 Å². The Morgan fingerprint density at radius 2 is 1.58 bits per heavy atom. The van der Waals surface area contributed by atoms with Crippen LogP contribution in [0.3, 0.4) is 0 Å². The van der Waals surface area contributed by atoms with Crippen molar-refractivity contribution < 1.29 is 27.4 Å². The Balaban J connectivity index is 1.44. The number of piperazine rings is 1. The van der Waals surface area contributed by atoms with Crippen molar-refractivity contribution in [1.82, 2.24) is 9.62 Å². The van der Waals surface area contributed by atoms with Gasteiger partial charge in [-0.3, -0.25) is 4.79 Å². The van der Waals surface area contributed by atoms with Crippen LogP contribution in [0.15, 0.2) is 42.5 Å². The summed E-state index contributed by atoms with van der Waals surface area (Å²) in [4.78, 5) is 14.5. The average Bonchev–Trinajstić information content (AvgIpc) is 2.86. The van der Waals surface area contributed by atoms with E-state index in [-0.39, 0.29) is 18.2 Å². The highest BCUT2D eigenvalue weighted by Crippen LogP contribution is 2.27. The molecule has 1 saturated heterocycles. The van der Waals surface area contributed by atoms with Crippen molar-refractivity contribution in [3.8, 4) is 17.2 Å². The Kier molecular flexibility index (Phi) is 8.40. The van der Waals surface area contributed by atoms with Gasteiger partial charge >= 0.3 is 0 Å². The first-order valence-electron chi connectivity index (χ1n) is 10.7. The third kappa shape index (κ3) is 6.29. The van der Waals surface area contributed by atoms with Crippen LogP contribution in [0.2, 0.25) is 0 Å². The second-order valence-electron chi connectivity index (χ2n) is 7.58. The lowest BCUT2D eigenvalue weighted by Crippen LogP contribution is -2.49. The minimum absolute atomic E-state index is 0.0122. The van der Waals surface area contributed by atoms with Gasteiger partial charge in [-0.2, -0.15) is 4.31 Å².